The number of hydrogen-bond donors (Lipinski definition) is 0. The van der Waals surface area contributed by atoms with E-state index in [1.54, 1.807) is 0 Å². The van der Waals surface area contributed by atoms with Crippen molar-refractivity contribution in [2.75, 3.05) is 9.80 Å². The van der Waals surface area contributed by atoms with E-state index in [1.807, 2.05) is 22.7 Å². The van der Waals surface area contributed by atoms with E-state index in [0.717, 1.165) is 34.1 Å². The molecule has 12 aromatic rings. The quantitative estimate of drug-likeness (QED) is 0.127. The van der Waals surface area contributed by atoms with Crippen molar-refractivity contribution in [3.63, 3.8) is 0 Å². The Balaban J connectivity index is 0.743. The highest BCUT2D eigenvalue weighted by Gasteiger charge is 2.38. The van der Waals surface area contributed by atoms with E-state index < -0.39 is 0 Å². The molecule has 4 heteroatoms. The monoisotopic (exact) mass is 1040 g/mol. The van der Waals surface area contributed by atoms with Crippen LogP contribution in [0, 0.1) is 0 Å². The van der Waals surface area contributed by atoms with Crippen molar-refractivity contribution in [2.45, 2.75) is 38.5 Å². The fourth-order valence-electron chi connectivity index (χ4n) is 12.2. The summed E-state index contributed by atoms with van der Waals surface area (Å²) in [5.74, 6) is 0. The van der Waals surface area contributed by atoms with Crippen LogP contribution < -0.4 is 9.80 Å². The van der Waals surface area contributed by atoms with Gasteiger partial charge in [-0.05, 0) is 187 Å². The average Bonchev–Trinajstić information content (AvgIpc) is 4.49. The molecule has 0 aliphatic heterocycles. The molecule has 0 N–H and O–H groups in total. The first-order valence-electron chi connectivity index (χ1n) is 27.0. The zero-order valence-electron chi connectivity index (χ0n) is 44.1. The van der Waals surface area contributed by atoms with Gasteiger partial charge in [0.2, 0.25) is 0 Å². The smallest absolute Gasteiger partial charge is 0.0465 e. The van der Waals surface area contributed by atoms with Gasteiger partial charge in [0.1, 0.15) is 0 Å². The summed E-state index contributed by atoms with van der Waals surface area (Å²) in [6, 6.07) is 98.4. The third kappa shape index (κ3) is 8.23. The Morgan fingerprint density at radius 2 is 0.500 bits per heavy atom. The largest absolute Gasteiger partial charge is 0.310 e. The summed E-state index contributed by atoms with van der Waals surface area (Å²) in [6.45, 7) is 9.54. The highest BCUT2D eigenvalue weighted by molar-refractivity contribution is 7.19. The Morgan fingerprint density at radius 3 is 0.859 bits per heavy atom. The predicted molar refractivity (Wildman–Crippen MR) is 334 cm³/mol. The average molecular weight is 1040 g/mol. The molecule has 2 heterocycles. The summed E-state index contributed by atoms with van der Waals surface area (Å²) in [4.78, 5) is 9.96. The van der Waals surface area contributed by atoms with Gasteiger partial charge in [-0.1, -0.05) is 185 Å². The summed E-state index contributed by atoms with van der Waals surface area (Å²) < 4.78 is 0. The van der Waals surface area contributed by atoms with E-state index in [1.165, 1.54) is 97.4 Å². The van der Waals surface area contributed by atoms with Crippen LogP contribution in [0.1, 0.15) is 49.9 Å². The van der Waals surface area contributed by atoms with E-state index in [0.29, 0.717) is 0 Å². The minimum Gasteiger partial charge on any atom is -0.310 e. The van der Waals surface area contributed by atoms with Gasteiger partial charge in [-0.3, -0.25) is 0 Å². The maximum atomic E-state index is 2.43. The summed E-state index contributed by atoms with van der Waals surface area (Å²) in [5.41, 5.74) is 24.5. The maximum Gasteiger partial charge on any atom is 0.0465 e. The van der Waals surface area contributed by atoms with Crippen molar-refractivity contribution in [2.24, 2.45) is 0 Å². The molecule has 2 aromatic heterocycles. The lowest BCUT2D eigenvalue weighted by molar-refractivity contribution is 0.660. The predicted octanol–water partition coefficient (Wildman–Crippen LogP) is 21.7. The molecule has 0 bridgehead atoms. The summed E-state index contributed by atoms with van der Waals surface area (Å²) in [6.07, 6.45) is 0. The van der Waals surface area contributed by atoms with E-state index in [2.05, 4.69) is 304 Å². The minimum atomic E-state index is -0.184. The van der Waals surface area contributed by atoms with Crippen molar-refractivity contribution in [1.29, 1.82) is 0 Å². The SMILES string of the molecule is CC1(C)c2cc(-c3ccc(-c4ccccc4)s3)ccc2-c2ccc(N(c3ccccc3)c3ccc(-c4ccc(N(c5ccccc5)c5ccc6c(c5)C(C)(C)c5cc(-c7ccc(-c8ccccc8)s7)ccc5-6)cc4)cc3)cc21. The van der Waals surface area contributed by atoms with Crippen LogP contribution in [0.25, 0.3) is 75.1 Å². The van der Waals surface area contributed by atoms with Crippen LogP contribution in [-0.2, 0) is 10.8 Å². The zero-order chi connectivity index (χ0) is 52.5. The van der Waals surface area contributed by atoms with Crippen LogP contribution >= 0.6 is 22.7 Å². The second kappa shape index (κ2) is 19.0. The van der Waals surface area contributed by atoms with Crippen LogP contribution in [0.2, 0.25) is 0 Å². The van der Waals surface area contributed by atoms with Crippen molar-refractivity contribution < 1.29 is 0 Å². The molecule has 10 aromatic carbocycles. The first-order chi connectivity index (χ1) is 38.2. The third-order valence-electron chi connectivity index (χ3n) is 16.3. The molecule has 0 fully saturated rings. The van der Waals surface area contributed by atoms with Crippen molar-refractivity contribution in [3.05, 3.63) is 289 Å². The normalized spacial score (nSPS) is 13.3. The number of para-hydroxylation sites is 2. The van der Waals surface area contributed by atoms with E-state index in [4.69, 9.17) is 0 Å². The first-order valence-corrected chi connectivity index (χ1v) is 28.6. The van der Waals surface area contributed by atoms with Crippen molar-refractivity contribution in [3.8, 4) is 75.1 Å². The Kier molecular flexibility index (Phi) is 11.6. The molecule has 78 heavy (non-hydrogen) atoms. The second-order valence-electron chi connectivity index (χ2n) is 21.7. The summed E-state index contributed by atoms with van der Waals surface area (Å²) >= 11 is 3.72. The minimum absolute atomic E-state index is 0.184. The molecule has 0 atom stereocenters. The fourth-order valence-corrected chi connectivity index (χ4v) is 14.2. The number of nitrogens with zero attached hydrogens (tertiary/aromatic N) is 2. The van der Waals surface area contributed by atoms with Crippen molar-refractivity contribution in [1.82, 2.24) is 0 Å². The number of anilines is 6. The molecule has 0 amide bonds. The van der Waals surface area contributed by atoms with Gasteiger partial charge in [-0.2, -0.15) is 0 Å². The van der Waals surface area contributed by atoms with Crippen LogP contribution in [0.15, 0.2) is 267 Å². The second-order valence-corrected chi connectivity index (χ2v) is 23.9. The van der Waals surface area contributed by atoms with Gasteiger partial charge in [0.25, 0.3) is 0 Å². The number of hydrogen-bond acceptors (Lipinski definition) is 4. The number of rotatable bonds is 11. The molecule has 2 aliphatic rings. The lowest BCUT2D eigenvalue weighted by Gasteiger charge is -2.28. The first kappa shape index (κ1) is 47.6. The Morgan fingerprint density at radius 1 is 0.231 bits per heavy atom. The summed E-state index contributed by atoms with van der Waals surface area (Å²) in [7, 11) is 0. The highest BCUT2D eigenvalue weighted by atomic mass is 32.1. The molecule has 374 valence electrons. The molecule has 2 aliphatic carbocycles. The molecule has 0 saturated carbocycles. The van der Waals surface area contributed by atoms with Gasteiger partial charge in [0.05, 0.1) is 0 Å². The van der Waals surface area contributed by atoms with E-state index >= 15 is 0 Å². The van der Waals surface area contributed by atoms with Crippen LogP contribution in [-0.4, -0.2) is 0 Å². The van der Waals surface area contributed by atoms with E-state index in [9.17, 15) is 0 Å². The lowest BCUT2D eigenvalue weighted by atomic mass is 9.81. The van der Waals surface area contributed by atoms with Crippen LogP contribution in [0.5, 0.6) is 0 Å². The summed E-state index contributed by atoms with van der Waals surface area (Å²) in [5, 5.41) is 0. The standard InChI is InChI=1S/C74H56N2S2/c1-73(2)65-45-53(71-43-41-69(77-71)51-17-9-5-10-18-51)29-37-61(65)63-39-35-59(47-67(63)73)75(55-21-13-7-14-22-55)57-31-25-49(26-32-57)50-27-33-58(34-28-50)76(56-23-15-8-16-24-56)60-36-40-64-62-38-30-54(46-66(62)74(3,4)68(64)48-60)72-44-42-70(78-72)52-19-11-6-12-20-52/h5-48H,1-4H3. The van der Waals surface area contributed by atoms with Crippen molar-refractivity contribution >= 4 is 56.8 Å². The Labute approximate surface area is 466 Å². The van der Waals surface area contributed by atoms with Gasteiger partial charge >= 0.3 is 0 Å². The Hall–Kier alpha value is -8.80. The molecule has 2 nitrogen and oxygen atoms in total. The maximum absolute atomic E-state index is 2.43. The highest BCUT2D eigenvalue weighted by Crippen LogP contribution is 2.54. The number of fused-ring (bicyclic) bond motifs is 6. The molecule has 0 saturated heterocycles. The Bertz CT molecular complexity index is 3900. The molecule has 0 radical (unpaired) electrons. The topological polar surface area (TPSA) is 6.48 Å². The molecule has 0 unspecified atom stereocenters. The fraction of sp³-hybridized carbons (Fsp3) is 0.0811. The van der Waals surface area contributed by atoms with Gasteiger partial charge in [0.15, 0.2) is 0 Å². The number of thiophene rings is 2. The number of benzene rings is 10. The molecule has 14 rings (SSSR count). The van der Waals surface area contributed by atoms with Gasteiger partial charge in [-0.15, -0.1) is 22.7 Å². The van der Waals surface area contributed by atoms with Gasteiger partial charge < -0.3 is 9.80 Å². The van der Waals surface area contributed by atoms with E-state index in [-0.39, 0.29) is 10.8 Å². The molecule has 0 spiro atoms. The zero-order valence-corrected chi connectivity index (χ0v) is 45.7. The lowest BCUT2D eigenvalue weighted by Crippen LogP contribution is -2.16. The van der Waals surface area contributed by atoms with Crippen LogP contribution in [0.3, 0.4) is 0 Å². The van der Waals surface area contributed by atoms with Gasteiger partial charge in [0, 0.05) is 64.5 Å². The molecular formula is C74H56N2S2. The third-order valence-corrected chi connectivity index (χ3v) is 18.7. The molecular weight excluding hydrogens is 981 g/mol. The van der Waals surface area contributed by atoms with Crippen LogP contribution in [0.4, 0.5) is 34.1 Å². The van der Waals surface area contributed by atoms with Gasteiger partial charge in [-0.25, -0.2) is 0 Å².